The first-order chi connectivity index (χ1) is 12.4. The number of esters is 1. The van der Waals surface area contributed by atoms with E-state index in [9.17, 15) is 19.7 Å². The van der Waals surface area contributed by atoms with Crippen molar-refractivity contribution in [1.29, 1.82) is 0 Å². The number of carbonyl (C=O) groups excluding carboxylic acids is 2. The molecule has 0 saturated carbocycles. The number of ether oxygens (including phenoxy) is 2. The van der Waals surface area contributed by atoms with E-state index in [1.54, 1.807) is 38.1 Å². The maximum absolute atomic E-state index is 11.9. The lowest BCUT2D eigenvalue weighted by Gasteiger charge is -2.09. The number of hydrogen-bond acceptors (Lipinski definition) is 6. The zero-order chi connectivity index (χ0) is 19.1. The summed E-state index contributed by atoms with van der Waals surface area (Å²) >= 11 is 0. The fourth-order valence-corrected chi connectivity index (χ4v) is 2.17. The van der Waals surface area contributed by atoms with Gasteiger partial charge in [-0.2, -0.15) is 0 Å². The van der Waals surface area contributed by atoms with Gasteiger partial charge >= 0.3 is 5.97 Å². The van der Waals surface area contributed by atoms with Gasteiger partial charge < -0.3 is 14.8 Å². The smallest absolute Gasteiger partial charge is 0.338 e. The SMILES string of the molecule is CCOC(=O)c1ccc(NC(=O)COc2ccc([N+](=O)[O-])c(C)c2)cc1. The summed E-state index contributed by atoms with van der Waals surface area (Å²) in [5.74, 6) is -0.465. The van der Waals surface area contributed by atoms with Crippen LogP contribution in [0.3, 0.4) is 0 Å². The molecule has 0 aliphatic rings. The Kier molecular flexibility index (Phi) is 6.26. The second-order valence-electron chi connectivity index (χ2n) is 5.34. The van der Waals surface area contributed by atoms with Gasteiger partial charge in [-0.3, -0.25) is 14.9 Å². The van der Waals surface area contributed by atoms with Crippen LogP contribution in [0, 0.1) is 17.0 Å². The number of aryl methyl sites for hydroxylation is 1. The largest absolute Gasteiger partial charge is 0.484 e. The number of nitro groups is 1. The summed E-state index contributed by atoms with van der Waals surface area (Å²) < 4.78 is 10.2. The third kappa shape index (κ3) is 5.04. The van der Waals surface area contributed by atoms with Gasteiger partial charge in [-0.15, -0.1) is 0 Å². The fraction of sp³-hybridized carbons (Fsp3) is 0.222. The van der Waals surface area contributed by atoms with Crippen LogP contribution in [0.2, 0.25) is 0 Å². The molecule has 1 amide bonds. The molecule has 136 valence electrons. The second-order valence-corrected chi connectivity index (χ2v) is 5.34. The lowest BCUT2D eigenvalue weighted by molar-refractivity contribution is -0.385. The van der Waals surface area contributed by atoms with Gasteiger partial charge in [-0.05, 0) is 50.2 Å². The Labute approximate surface area is 149 Å². The zero-order valence-corrected chi connectivity index (χ0v) is 14.4. The summed E-state index contributed by atoms with van der Waals surface area (Å²) in [5, 5.41) is 13.4. The number of amides is 1. The molecule has 0 unspecified atom stereocenters. The number of rotatable bonds is 7. The number of benzene rings is 2. The molecule has 2 aromatic rings. The van der Waals surface area contributed by atoms with Gasteiger partial charge in [0, 0.05) is 17.3 Å². The molecule has 0 aromatic heterocycles. The third-order valence-electron chi connectivity index (χ3n) is 3.41. The Hall–Kier alpha value is -3.42. The molecule has 0 spiro atoms. The first-order valence-corrected chi connectivity index (χ1v) is 7.85. The number of nitro benzene ring substituents is 1. The highest BCUT2D eigenvalue weighted by Gasteiger charge is 2.12. The molecule has 0 aliphatic carbocycles. The molecule has 2 aromatic carbocycles. The molecule has 8 nitrogen and oxygen atoms in total. The van der Waals surface area contributed by atoms with Gasteiger partial charge in [-0.25, -0.2) is 4.79 Å². The molecule has 1 N–H and O–H groups in total. The predicted molar refractivity (Wildman–Crippen MR) is 94.4 cm³/mol. The van der Waals surface area contributed by atoms with E-state index in [0.717, 1.165) is 0 Å². The maximum Gasteiger partial charge on any atom is 0.338 e. The molecular weight excluding hydrogens is 340 g/mol. The molecule has 0 atom stereocenters. The fourth-order valence-electron chi connectivity index (χ4n) is 2.17. The molecule has 26 heavy (non-hydrogen) atoms. The van der Waals surface area contributed by atoms with E-state index in [1.807, 2.05) is 0 Å². The van der Waals surface area contributed by atoms with Crippen molar-refractivity contribution in [3.8, 4) is 5.75 Å². The maximum atomic E-state index is 11.9. The normalized spacial score (nSPS) is 10.1. The van der Waals surface area contributed by atoms with Crippen LogP contribution in [0.1, 0.15) is 22.8 Å². The van der Waals surface area contributed by atoms with Gasteiger partial charge in [0.1, 0.15) is 5.75 Å². The van der Waals surface area contributed by atoms with E-state index in [-0.39, 0.29) is 18.9 Å². The van der Waals surface area contributed by atoms with Crippen LogP contribution in [0.4, 0.5) is 11.4 Å². The van der Waals surface area contributed by atoms with Crippen molar-refractivity contribution in [1.82, 2.24) is 0 Å². The van der Waals surface area contributed by atoms with Gasteiger partial charge in [0.05, 0.1) is 17.1 Å². The van der Waals surface area contributed by atoms with Crippen LogP contribution in [0.25, 0.3) is 0 Å². The molecule has 0 saturated heterocycles. The predicted octanol–water partition coefficient (Wildman–Crippen LogP) is 3.10. The quantitative estimate of drug-likeness (QED) is 0.463. The summed E-state index contributed by atoms with van der Waals surface area (Å²) in [4.78, 5) is 33.8. The molecule has 0 bridgehead atoms. The standard InChI is InChI=1S/C18H18N2O6/c1-3-25-18(22)13-4-6-14(7-5-13)19-17(21)11-26-15-8-9-16(20(23)24)12(2)10-15/h4-10H,3,11H2,1-2H3,(H,19,21). The van der Waals surface area contributed by atoms with E-state index >= 15 is 0 Å². The average molecular weight is 358 g/mol. The van der Waals surface area contributed by atoms with Crippen LogP contribution in [-0.2, 0) is 9.53 Å². The number of carbonyl (C=O) groups is 2. The Morgan fingerprint density at radius 1 is 1.15 bits per heavy atom. The van der Waals surface area contributed by atoms with Crippen molar-refractivity contribution in [3.63, 3.8) is 0 Å². The van der Waals surface area contributed by atoms with Crippen LogP contribution < -0.4 is 10.1 Å². The van der Waals surface area contributed by atoms with E-state index in [2.05, 4.69) is 5.32 Å². The Bertz CT molecular complexity index is 817. The highest BCUT2D eigenvalue weighted by molar-refractivity contribution is 5.93. The second kappa shape index (κ2) is 8.61. The lowest BCUT2D eigenvalue weighted by atomic mass is 10.2. The van der Waals surface area contributed by atoms with Crippen LogP contribution >= 0.6 is 0 Å². The van der Waals surface area contributed by atoms with Crippen LogP contribution in [-0.4, -0.2) is 30.0 Å². The van der Waals surface area contributed by atoms with Crippen molar-refractivity contribution >= 4 is 23.3 Å². The van der Waals surface area contributed by atoms with Crippen molar-refractivity contribution in [3.05, 3.63) is 63.7 Å². The average Bonchev–Trinajstić information content (AvgIpc) is 2.60. The van der Waals surface area contributed by atoms with E-state index in [1.165, 1.54) is 18.2 Å². The van der Waals surface area contributed by atoms with Crippen molar-refractivity contribution in [2.45, 2.75) is 13.8 Å². The van der Waals surface area contributed by atoms with E-state index in [0.29, 0.717) is 22.6 Å². The van der Waals surface area contributed by atoms with Crippen molar-refractivity contribution in [2.75, 3.05) is 18.5 Å². The number of hydrogen-bond donors (Lipinski definition) is 1. The minimum Gasteiger partial charge on any atom is -0.484 e. The Morgan fingerprint density at radius 2 is 1.85 bits per heavy atom. The molecule has 0 heterocycles. The highest BCUT2D eigenvalue weighted by Crippen LogP contribution is 2.23. The molecule has 0 radical (unpaired) electrons. The molecule has 0 fully saturated rings. The zero-order valence-electron chi connectivity index (χ0n) is 14.4. The van der Waals surface area contributed by atoms with Gasteiger partial charge in [0.2, 0.25) is 0 Å². The van der Waals surface area contributed by atoms with Gasteiger partial charge in [0.25, 0.3) is 11.6 Å². The first kappa shape index (κ1) is 18.9. The number of nitrogens with zero attached hydrogens (tertiary/aromatic N) is 1. The molecule has 0 aliphatic heterocycles. The topological polar surface area (TPSA) is 108 Å². The summed E-state index contributed by atoms with van der Waals surface area (Å²) in [6.45, 7) is 3.35. The van der Waals surface area contributed by atoms with E-state index in [4.69, 9.17) is 9.47 Å². The first-order valence-electron chi connectivity index (χ1n) is 7.85. The Morgan fingerprint density at radius 3 is 2.42 bits per heavy atom. The summed E-state index contributed by atoms with van der Waals surface area (Å²) in [6, 6.07) is 10.5. The number of anilines is 1. The van der Waals surface area contributed by atoms with Gasteiger partial charge in [0.15, 0.2) is 6.61 Å². The monoisotopic (exact) mass is 358 g/mol. The lowest BCUT2D eigenvalue weighted by Crippen LogP contribution is -2.20. The number of nitrogens with one attached hydrogen (secondary N) is 1. The minimum absolute atomic E-state index is 0.0107. The van der Waals surface area contributed by atoms with Crippen molar-refractivity contribution in [2.24, 2.45) is 0 Å². The van der Waals surface area contributed by atoms with Crippen LogP contribution in [0.5, 0.6) is 5.75 Å². The minimum atomic E-state index is -0.480. The summed E-state index contributed by atoms with van der Waals surface area (Å²) in [7, 11) is 0. The van der Waals surface area contributed by atoms with E-state index < -0.39 is 16.8 Å². The van der Waals surface area contributed by atoms with Crippen LogP contribution in [0.15, 0.2) is 42.5 Å². The highest BCUT2D eigenvalue weighted by atomic mass is 16.6. The molecule has 8 heteroatoms. The summed E-state index contributed by atoms with van der Waals surface area (Å²) in [5.41, 5.74) is 1.33. The summed E-state index contributed by atoms with van der Waals surface area (Å²) in [6.07, 6.45) is 0. The molecular formula is C18H18N2O6. The molecule has 2 rings (SSSR count). The van der Waals surface area contributed by atoms with Crippen molar-refractivity contribution < 1.29 is 24.0 Å². The van der Waals surface area contributed by atoms with Gasteiger partial charge in [-0.1, -0.05) is 0 Å². The third-order valence-corrected chi connectivity index (χ3v) is 3.41. The Balaban J connectivity index is 1.90.